The maximum atomic E-state index is 9.18. The first kappa shape index (κ1) is 11.4. The van der Waals surface area contributed by atoms with E-state index in [1.54, 1.807) is 6.92 Å². The molecule has 1 atom stereocenters. The minimum atomic E-state index is 0.431. The van der Waals surface area contributed by atoms with Crippen LogP contribution in [0.1, 0.15) is 13.8 Å². The molecule has 1 saturated heterocycles. The summed E-state index contributed by atoms with van der Waals surface area (Å²) < 4.78 is 4.15. The summed E-state index contributed by atoms with van der Waals surface area (Å²) >= 11 is 0. The number of hydrogen-bond donors (Lipinski definition) is 2. The normalized spacial score (nSPS) is 22.0. The van der Waals surface area contributed by atoms with Crippen LogP contribution in [0.2, 0.25) is 0 Å². The molecule has 0 aliphatic carbocycles. The Morgan fingerprint density at radius 3 is 2.50 bits per heavy atom. The Bertz CT molecular complexity index is 103. The van der Waals surface area contributed by atoms with Gasteiger partial charge in [-0.2, -0.15) is 0 Å². The predicted molar refractivity (Wildman–Crippen MR) is 48.0 cm³/mol. The van der Waals surface area contributed by atoms with Gasteiger partial charge in [0.15, 0.2) is 0 Å². The molecule has 1 aliphatic heterocycles. The van der Waals surface area contributed by atoms with Gasteiger partial charge < -0.3 is 15.4 Å². The zero-order valence-corrected chi connectivity index (χ0v) is 7.80. The molecule has 1 fully saturated rings. The number of ether oxygens (including phenoxy) is 1. The van der Waals surface area contributed by atoms with Crippen LogP contribution in [0.15, 0.2) is 0 Å². The van der Waals surface area contributed by atoms with Crippen molar-refractivity contribution in [1.29, 1.82) is 0 Å². The highest BCUT2D eigenvalue weighted by Crippen LogP contribution is 1.80. The van der Waals surface area contributed by atoms with Gasteiger partial charge in [-0.05, 0) is 13.8 Å². The Kier molecular flexibility index (Phi) is 8.05. The van der Waals surface area contributed by atoms with E-state index in [0.29, 0.717) is 19.1 Å². The van der Waals surface area contributed by atoms with Crippen LogP contribution in [0.25, 0.3) is 0 Å². The van der Waals surface area contributed by atoms with E-state index < -0.39 is 0 Å². The fourth-order valence-corrected chi connectivity index (χ4v) is 0.866. The van der Waals surface area contributed by atoms with Gasteiger partial charge in [-0.25, -0.2) is 0 Å². The Morgan fingerprint density at radius 1 is 1.58 bits per heavy atom. The number of carbonyl (C=O) groups is 1. The first-order chi connectivity index (χ1) is 5.81. The molecule has 0 saturated carbocycles. The maximum Gasteiger partial charge on any atom is 0.293 e. The number of piperazine rings is 1. The van der Waals surface area contributed by atoms with E-state index >= 15 is 0 Å². The average molecular weight is 174 g/mol. The molecule has 0 spiro atoms. The monoisotopic (exact) mass is 174 g/mol. The first-order valence-electron chi connectivity index (χ1n) is 4.30. The Balaban J connectivity index is 0.000000217. The Hall–Kier alpha value is -0.610. The predicted octanol–water partition coefficient (Wildman–Crippen LogP) is -0.253. The highest BCUT2D eigenvalue weighted by atomic mass is 16.5. The third-order valence-corrected chi connectivity index (χ3v) is 1.48. The quantitative estimate of drug-likeness (QED) is 0.567. The van der Waals surface area contributed by atoms with E-state index in [0.717, 1.165) is 19.6 Å². The van der Waals surface area contributed by atoms with Gasteiger partial charge in [0.25, 0.3) is 6.47 Å². The summed E-state index contributed by atoms with van der Waals surface area (Å²) in [5, 5.41) is 6.59. The molecule has 2 N–H and O–H groups in total. The lowest BCUT2D eigenvalue weighted by molar-refractivity contribution is -0.128. The van der Waals surface area contributed by atoms with E-state index in [1.807, 2.05) is 0 Å². The largest absolute Gasteiger partial charge is 0.468 e. The van der Waals surface area contributed by atoms with Crippen LogP contribution in [0.4, 0.5) is 0 Å². The summed E-state index contributed by atoms with van der Waals surface area (Å²) in [5.74, 6) is 0. The van der Waals surface area contributed by atoms with Crippen LogP contribution in [0, 0.1) is 0 Å². The zero-order valence-electron chi connectivity index (χ0n) is 7.80. The highest BCUT2D eigenvalue weighted by molar-refractivity contribution is 5.36. The summed E-state index contributed by atoms with van der Waals surface area (Å²) in [5.41, 5.74) is 0. The second-order valence-electron chi connectivity index (χ2n) is 2.61. The molecule has 1 aliphatic rings. The van der Waals surface area contributed by atoms with Crippen molar-refractivity contribution < 1.29 is 9.53 Å². The number of hydrogen-bond acceptors (Lipinski definition) is 4. The van der Waals surface area contributed by atoms with Crippen LogP contribution in [0.3, 0.4) is 0 Å². The lowest BCUT2D eigenvalue weighted by atomic mass is 10.3. The molecule has 12 heavy (non-hydrogen) atoms. The molecule has 1 heterocycles. The van der Waals surface area contributed by atoms with Gasteiger partial charge in [-0.15, -0.1) is 0 Å². The van der Waals surface area contributed by atoms with Crippen molar-refractivity contribution in [1.82, 2.24) is 10.6 Å². The molecule has 0 aromatic rings. The topological polar surface area (TPSA) is 50.4 Å². The zero-order chi connectivity index (χ0) is 9.23. The minimum absolute atomic E-state index is 0.431. The summed E-state index contributed by atoms with van der Waals surface area (Å²) in [6, 6.07) is 0.675. The van der Waals surface area contributed by atoms with Gasteiger partial charge in [0.2, 0.25) is 0 Å². The first-order valence-corrected chi connectivity index (χ1v) is 4.30. The molecule has 0 bridgehead atoms. The van der Waals surface area contributed by atoms with Gasteiger partial charge in [0, 0.05) is 25.7 Å². The van der Waals surface area contributed by atoms with E-state index in [1.165, 1.54) is 0 Å². The van der Waals surface area contributed by atoms with Crippen LogP contribution in [-0.4, -0.2) is 38.8 Å². The molecule has 0 amide bonds. The molecule has 4 heteroatoms. The van der Waals surface area contributed by atoms with Crippen LogP contribution < -0.4 is 10.6 Å². The molecule has 72 valence electrons. The molecule has 0 unspecified atom stereocenters. The van der Waals surface area contributed by atoms with Crippen molar-refractivity contribution in [2.24, 2.45) is 0 Å². The van der Waals surface area contributed by atoms with Crippen LogP contribution in [0.5, 0.6) is 0 Å². The lowest BCUT2D eigenvalue weighted by Gasteiger charge is -2.19. The second kappa shape index (κ2) is 8.49. The minimum Gasteiger partial charge on any atom is -0.468 e. The number of carbonyl (C=O) groups excluding carboxylic acids is 1. The van der Waals surface area contributed by atoms with Crippen LogP contribution in [-0.2, 0) is 9.53 Å². The van der Waals surface area contributed by atoms with E-state index in [9.17, 15) is 4.79 Å². The number of rotatable bonds is 2. The summed E-state index contributed by atoms with van der Waals surface area (Å²) in [6.07, 6.45) is 0. The maximum absolute atomic E-state index is 9.18. The van der Waals surface area contributed by atoms with Crippen LogP contribution >= 0.6 is 0 Å². The summed E-state index contributed by atoms with van der Waals surface area (Å²) in [4.78, 5) is 9.18. The van der Waals surface area contributed by atoms with Crippen molar-refractivity contribution in [2.75, 3.05) is 26.2 Å². The van der Waals surface area contributed by atoms with Gasteiger partial charge in [0.1, 0.15) is 0 Å². The van der Waals surface area contributed by atoms with E-state index in [2.05, 4.69) is 22.3 Å². The van der Waals surface area contributed by atoms with Gasteiger partial charge in [-0.3, -0.25) is 4.79 Å². The third-order valence-electron chi connectivity index (χ3n) is 1.48. The van der Waals surface area contributed by atoms with Crippen molar-refractivity contribution in [3.8, 4) is 0 Å². The molecular weight excluding hydrogens is 156 g/mol. The van der Waals surface area contributed by atoms with Crippen molar-refractivity contribution in [3.05, 3.63) is 0 Å². The van der Waals surface area contributed by atoms with Gasteiger partial charge in [-0.1, -0.05) is 0 Å². The fourth-order valence-electron chi connectivity index (χ4n) is 0.866. The Morgan fingerprint density at radius 2 is 2.33 bits per heavy atom. The Labute approximate surface area is 73.7 Å². The number of nitrogens with one attached hydrogen (secondary N) is 2. The SMILES string of the molecule is CCOC=O.C[C@@H]1CNCCN1. The summed E-state index contributed by atoms with van der Waals surface area (Å²) in [7, 11) is 0. The molecule has 0 aromatic heterocycles. The molecular formula is C8H18N2O2. The smallest absolute Gasteiger partial charge is 0.293 e. The third kappa shape index (κ3) is 7.50. The van der Waals surface area contributed by atoms with Crippen molar-refractivity contribution in [2.45, 2.75) is 19.9 Å². The fraction of sp³-hybridized carbons (Fsp3) is 0.875. The second-order valence-corrected chi connectivity index (χ2v) is 2.61. The van der Waals surface area contributed by atoms with E-state index in [-0.39, 0.29) is 0 Å². The summed E-state index contributed by atoms with van der Waals surface area (Å²) in [6.45, 7) is 8.23. The molecule has 0 radical (unpaired) electrons. The van der Waals surface area contributed by atoms with Crippen molar-refractivity contribution >= 4 is 6.47 Å². The van der Waals surface area contributed by atoms with Crippen molar-refractivity contribution in [3.63, 3.8) is 0 Å². The molecule has 0 aromatic carbocycles. The highest BCUT2D eigenvalue weighted by Gasteiger charge is 2.03. The van der Waals surface area contributed by atoms with E-state index in [4.69, 9.17) is 0 Å². The van der Waals surface area contributed by atoms with Gasteiger partial charge >= 0.3 is 0 Å². The average Bonchev–Trinajstić information content (AvgIpc) is 2.08. The lowest BCUT2D eigenvalue weighted by Crippen LogP contribution is -2.46. The molecule has 4 nitrogen and oxygen atoms in total. The standard InChI is InChI=1S/C5H12N2.C3H6O2/c1-5-4-6-2-3-7-5;1-2-5-3-4/h5-7H,2-4H2,1H3;3H,2H2,1H3/t5-;/m1./s1. The van der Waals surface area contributed by atoms with Gasteiger partial charge in [0.05, 0.1) is 6.61 Å². The molecule has 1 rings (SSSR count).